The number of anilines is 1. The average Bonchev–Trinajstić information content (AvgIpc) is 2.47. The molecule has 0 saturated heterocycles. The molecule has 21 heavy (non-hydrogen) atoms. The van der Waals surface area contributed by atoms with E-state index in [0.717, 1.165) is 11.3 Å². The number of carboxylic acids is 1. The van der Waals surface area contributed by atoms with Gasteiger partial charge in [0.25, 0.3) is 0 Å². The van der Waals surface area contributed by atoms with Crippen LogP contribution in [0.1, 0.15) is 15.9 Å². The van der Waals surface area contributed by atoms with Gasteiger partial charge in [-0.15, -0.1) is 0 Å². The third-order valence-corrected chi connectivity index (χ3v) is 3.46. The molecule has 0 unspecified atom stereocenters. The number of aromatic carboxylic acids is 1. The molecular weight excluding hydrogens is 336 g/mol. The number of hydrogen-bond donors (Lipinski definition) is 1. The number of ether oxygens (including phenoxy) is 1. The lowest BCUT2D eigenvalue weighted by Gasteiger charge is -2.21. The average molecular weight is 351 g/mol. The van der Waals surface area contributed by atoms with E-state index >= 15 is 0 Å². The monoisotopic (exact) mass is 350 g/mol. The second kappa shape index (κ2) is 6.58. The van der Waals surface area contributed by atoms with E-state index in [1.165, 1.54) is 0 Å². The van der Waals surface area contributed by atoms with E-state index in [4.69, 9.17) is 4.74 Å². The zero-order valence-corrected chi connectivity index (χ0v) is 13.3. The predicted molar refractivity (Wildman–Crippen MR) is 84.0 cm³/mol. The Morgan fingerprint density at radius 3 is 2.81 bits per heavy atom. The number of benzene rings is 1. The molecule has 2 rings (SSSR count). The summed E-state index contributed by atoms with van der Waals surface area (Å²) in [5.74, 6) is 0.167. The van der Waals surface area contributed by atoms with Gasteiger partial charge >= 0.3 is 5.97 Å². The number of pyridine rings is 1. The molecule has 110 valence electrons. The quantitative estimate of drug-likeness (QED) is 0.897. The molecule has 0 radical (unpaired) electrons. The van der Waals surface area contributed by atoms with E-state index in [1.807, 2.05) is 24.3 Å². The number of rotatable bonds is 5. The number of methoxy groups -OCH3 is 1. The van der Waals surface area contributed by atoms with Gasteiger partial charge in [-0.1, -0.05) is 18.2 Å². The number of aromatic nitrogens is 1. The van der Waals surface area contributed by atoms with Gasteiger partial charge in [0.1, 0.15) is 17.1 Å². The van der Waals surface area contributed by atoms with Crippen molar-refractivity contribution < 1.29 is 14.6 Å². The van der Waals surface area contributed by atoms with Crippen LogP contribution in [-0.2, 0) is 6.54 Å². The van der Waals surface area contributed by atoms with Gasteiger partial charge in [-0.05, 0) is 28.1 Å². The van der Waals surface area contributed by atoms with Crippen LogP contribution < -0.4 is 9.64 Å². The highest BCUT2D eigenvalue weighted by Crippen LogP contribution is 2.25. The van der Waals surface area contributed by atoms with Crippen molar-refractivity contribution in [2.75, 3.05) is 19.1 Å². The van der Waals surface area contributed by atoms with Crippen LogP contribution in [0.2, 0.25) is 0 Å². The van der Waals surface area contributed by atoms with Crippen LogP contribution in [0.3, 0.4) is 0 Å². The number of para-hydroxylation sites is 1. The maximum Gasteiger partial charge on any atom is 0.339 e. The van der Waals surface area contributed by atoms with Crippen LogP contribution in [0.5, 0.6) is 5.75 Å². The summed E-state index contributed by atoms with van der Waals surface area (Å²) in [6.45, 7) is 0.499. The molecule has 6 heteroatoms. The van der Waals surface area contributed by atoms with Crippen LogP contribution in [0.4, 0.5) is 5.82 Å². The third-order valence-electron chi connectivity index (χ3n) is 3.03. The van der Waals surface area contributed by atoms with Gasteiger partial charge in [0, 0.05) is 29.8 Å². The largest absolute Gasteiger partial charge is 0.496 e. The molecule has 2 aromatic rings. The fraction of sp³-hybridized carbons (Fsp3) is 0.200. The summed E-state index contributed by atoms with van der Waals surface area (Å²) in [7, 11) is 3.41. The van der Waals surface area contributed by atoms with Crippen LogP contribution in [0, 0.1) is 0 Å². The maximum atomic E-state index is 11.3. The number of hydrogen-bond acceptors (Lipinski definition) is 4. The SMILES string of the molecule is COc1ccccc1CN(C)c1ncc(Br)cc1C(=O)O. The van der Waals surface area contributed by atoms with E-state index in [1.54, 1.807) is 31.3 Å². The van der Waals surface area contributed by atoms with Gasteiger partial charge in [0.15, 0.2) is 0 Å². The van der Waals surface area contributed by atoms with Gasteiger partial charge in [-0.2, -0.15) is 0 Å². The topological polar surface area (TPSA) is 62.7 Å². The van der Waals surface area contributed by atoms with Gasteiger partial charge < -0.3 is 14.7 Å². The molecule has 0 aliphatic rings. The Balaban J connectivity index is 2.32. The lowest BCUT2D eigenvalue weighted by molar-refractivity contribution is 0.0697. The number of carboxylic acid groups (broad SMARTS) is 1. The summed E-state index contributed by atoms with van der Waals surface area (Å²) in [6.07, 6.45) is 1.58. The summed E-state index contributed by atoms with van der Waals surface area (Å²) in [4.78, 5) is 17.3. The van der Waals surface area contributed by atoms with Crippen molar-refractivity contribution in [2.45, 2.75) is 6.54 Å². The van der Waals surface area contributed by atoms with Crippen molar-refractivity contribution in [3.63, 3.8) is 0 Å². The highest BCUT2D eigenvalue weighted by molar-refractivity contribution is 9.10. The van der Waals surface area contributed by atoms with Crippen molar-refractivity contribution in [1.82, 2.24) is 4.98 Å². The summed E-state index contributed by atoms with van der Waals surface area (Å²) in [6, 6.07) is 9.16. The third kappa shape index (κ3) is 3.52. The van der Waals surface area contributed by atoms with Crippen molar-refractivity contribution in [3.05, 3.63) is 52.1 Å². The van der Waals surface area contributed by atoms with Gasteiger partial charge in [0.05, 0.1) is 7.11 Å². The first-order chi connectivity index (χ1) is 10.0. The van der Waals surface area contributed by atoms with Crippen LogP contribution in [0.25, 0.3) is 0 Å². The Hall–Kier alpha value is -2.08. The molecule has 0 aliphatic heterocycles. The van der Waals surface area contributed by atoms with Gasteiger partial charge in [-0.25, -0.2) is 9.78 Å². The van der Waals surface area contributed by atoms with E-state index in [-0.39, 0.29) is 5.56 Å². The fourth-order valence-corrected chi connectivity index (χ4v) is 2.39. The van der Waals surface area contributed by atoms with E-state index < -0.39 is 5.97 Å². The molecule has 0 spiro atoms. The summed E-state index contributed by atoms with van der Waals surface area (Å²) < 4.78 is 5.94. The lowest BCUT2D eigenvalue weighted by atomic mass is 10.1. The first kappa shape index (κ1) is 15.3. The minimum absolute atomic E-state index is 0.154. The minimum atomic E-state index is -1.01. The van der Waals surface area contributed by atoms with E-state index in [0.29, 0.717) is 16.8 Å². The number of carbonyl (C=O) groups is 1. The number of nitrogens with zero attached hydrogens (tertiary/aromatic N) is 2. The fourth-order valence-electron chi connectivity index (χ4n) is 2.06. The zero-order valence-electron chi connectivity index (χ0n) is 11.7. The smallest absolute Gasteiger partial charge is 0.339 e. The minimum Gasteiger partial charge on any atom is -0.496 e. The number of halogens is 1. The molecule has 0 fully saturated rings. The molecular formula is C15H15BrN2O3. The van der Waals surface area contributed by atoms with E-state index in [2.05, 4.69) is 20.9 Å². The molecule has 0 bridgehead atoms. The lowest BCUT2D eigenvalue weighted by Crippen LogP contribution is -2.21. The Bertz CT molecular complexity index is 661. The van der Waals surface area contributed by atoms with Crippen molar-refractivity contribution in [1.29, 1.82) is 0 Å². The first-order valence-electron chi connectivity index (χ1n) is 6.24. The molecule has 1 heterocycles. The maximum absolute atomic E-state index is 11.3. The highest BCUT2D eigenvalue weighted by atomic mass is 79.9. The predicted octanol–water partition coefficient (Wildman–Crippen LogP) is 3.19. The molecule has 0 atom stereocenters. The molecule has 1 aromatic carbocycles. The second-order valence-electron chi connectivity index (χ2n) is 4.50. The van der Waals surface area contributed by atoms with Gasteiger partial charge in [-0.3, -0.25) is 0 Å². The molecule has 0 saturated carbocycles. The Morgan fingerprint density at radius 2 is 2.14 bits per heavy atom. The normalized spacial score (nSPS) is 10.2. The molecule has 1 aromatic heterocycles. The summed E-state index contributed by atoms with van der Waals surface area (Å²) >= 11 is 3.24. The molecule has 0 amide bonds. The second-order valence-corrected chi connectivity index (χ2v) is 5.41. The first-order valence-corrected chi connectivity index (χ1v) is 7.04. The Morgan fingerprint density at radius 1 is 1.43 bits per heavy atom. The molecule has 0 aliphatic carbocycles. The standard InChI is InChI=1S/C15H15BrN2O3/c1-18(9-10-5-3-4-6-13(10)21-2)14-12(15(19)20)7-11(16)8-17-14/h3-8H,9H2,1-2H3,(H,19,20). The van der Waals surface area contributed by atoms with Crippen molar-refractivity contribution in [3.8, 4) is 5.75 Å². The summed E-state index contributed by atoms with van der Waals surface area (Å²) in [5.41, 5.74) is 1.12. The van der Waals surface area contributed by atoms with Crippen LogP contribution >= 0.6 is 15.9 Å². The Kier molecular flexibility index (Phi) is 4.80. The molecule has 5 nitrogen and oxygen atoms in total. The molecule has 1 N–H and O–H groups in total. The Labute approximate surface area is 131 Å². The van der Waals surface area contributed by atoms with Crippen LogP contribution in [0.15, 0.2) is 41.0 Å². The van der Waals surface area contributed by atoms with Crippen molar-refractivity contribution >= 4 is 27.7 Å². The summed E-state index contributed by atoms with van der Waals surface area (Å²) in [5, 5.41) is 9.29. The van der Waals surface area contributed by atoms with Gasteiger partial charge in [0.2, 0.25) is 0 Å². The highest BCUT2D eigenvalue weighted by Gasteiger charge is 2.17. The van der Waals surface area contributed by atoms with E-state index in [9.17, 15) is 9.90 Å². The van der Waals surface area contributed by atoms with Crippen molar-refractivity contribution in [2.24, 2.45) is 0 Å². The van der Waals surface area contributed by atoms with Crippen LogP contribution in [-0.4, -0.2) is 30.2 Å². The zero-order chi connectivity index (χ0) is 15.4.